The molecule has 2 atom stereocenters. The minimum absolute atomic E-state index is 0.327. The number of rotatable bonds is 7. The van der Waals surface area contributed by atoms with Crippen LogP contribution in [0.3, 0.4) is 0 Å². The topological polar surface area (TPSA) is 75.7 Å². The smallest absolute Gasteiger partial charge is 0.338 e. The third kappa shape index (κ3) is 6.21. The molecule has 0 saturated heterocycles. The molecular formula is C20H24N2O4S. The maximum absolute atomic E-state index is 12.3. The van der Waals surface area contributed by atoms with E-state index in [0.717, 1.165) is 11.3 Å². The van der Waals surface area contributed by atoms with Crippen molar-refractivity contribution in [3.63, 3.8) is 0 Å². The summed E-state index contributed by atoms with van der Waals surface area (Å²) in [5.41, 5.74) is 2.75. The van der Waals surface area contributed by atoms with Crippen molar-refractivity contribution in [1.82, 2.24) is 0 Å². The molecule has 0 aliphatic rings. The van der Waals surface area contributed by atoms with Crippen molar-refractivity contribution in [3.8, 4) is 0 Å². The Morgan fingerprint density at radius 2 is 1.81 bits per heavy atom. The molecule has 0 heterocycles. The van der Waals surface area contributed by atoms with Crippen LogP contribution in [-0.4, -0.2) is 42.5 Å². The molecule has 0 aliphatic carbocycles. The molecule has 0 saturated carbocycles. The number of amides is 1. The van der Waals surface area contributed by atoms with Gasteiger partial charge < -0.3 is 15.0 Å². The maximum atomic E-state index is 12.3. The summed E-state index contributed by atoms with van der Waals surface area (Å²) in [5.74, 6) is -0.642. The predicted molar refractivity (Wildman–Crippen MR) is 108 cm³/mol. The molecule has 0 aliphatic heterocycles. The summed E-state index contributed by atoms with van der Waals surface area (Å²) >= 11 is 0. The van der Waals surface area contributed by atoms with Crippen LogP contribution in [0.2, 0.25) is 0 Å². The third-order valence-corrected chi connectivity index (χ3v) is 4.58. The number of carbonyl (C=O) groups excluding carboxylic acids is 2. The zero-order valence-corrected chi connectivity index (χ0v) is 16.7. The number of ether oxygens (including phenoxy) is 1. The van der Waals surface area contributed by atoms with Gasteiger partial charge in [0.05, 0.1) is 5.56 Å². The molecular weight excluding hydrogens is 364 g/mol. The van der Waals surface area contributed by atoms with Crippen LogP contribution in [0.1, 0.15) is 22.8 Å². The normalized spacial score (nSPS) is 12.7. The van der Waals surface area contributed by atoms with Gasteiger partial charge in [-0.1, -0.05) is 12.1 Å². The number of nitrogens with one attached hydrogen (secondary N) is 1. The number of nitrogens with zero attached hydrogens (tertiary/aromatic N) is 1. The highest BCUT2D eigenvalue weighted by Gasteiger charge is 2.19. The Hall–Kier alpha value is -2.67. The van der Waals surface area contributed by atoms with E-state index in [4.69, 9.17) is 4.74 Å². The number of anilines is 2. The van der Waals surface area contributed by atoms with E-state index in [1.807, 2.05) is 31.1 Å². The summed E-state index contributed by atoms with van der Waals surface area (Å²) in [5, 5.41) is 2.73. The molecule has 0 spiro atoms. The first-order valence-electron chi connectivity index (χ1n) is 8.44. The molecule has 2 rings (SSSR count). The van der Waals surface area contributed by atoms with Gasteiger partial charge >= 0.3 is 5.97 Å². The Balaban J connectivity index is 1.97. The minimum atomic E-state index is -1.00. The average Bonchev–Trinajstić information content (AvgIpc) is 2.61. The average molecular weight is 388 g/mol. The van der Waals surface area contributed by atoms with E-state index in [1.165, 1.54) is 6.92 Å². The lowest BCUT2D eigenvalue weighted by atomic mass is 10.1. The first-order valence-corrected chi connectivity index (χ1v) is 10.2. The van der Waals surface area contributed by atoms with Crippen molar-refractivity contribution in [2.24, 2.45) is 0 Å². The van der Waals surface area contributed by atoms with Crippen molar-refractivity contribution in [3.05, 3.63) is 59.7 Å². The molecule has 7 heteroatoms. The van der Waals surface area contributed by atoms with E-state index >= 15 is 0 Å². The van der Waals surface area contributed by atoms with Gasteiger partial charge in [0.25, 0.3) is 5.91 Å². The lowest BCUT2D eigenvalue weighted by Crippen LogP contribution is -2.30. The number of carbonyl (C=O) groups is 2. The van der Waals surface area contributed by atoms with Crippen molar-refractivity contribution < 1.29 is 18.5 Å². The summed E-state index contributed by atoms with van der Waals surface area (Å²) in [4.78, 5) is 26.5. The fourth-order valence-corrected chi connectivity index (χ4v) is 3.04. The van der Waals surface area contributed by atoms with Crippen molar-refractivity contribution >= 4 is 34.1 Å². The second kappa shape index (κ2) is 9.32. The first-order chi connectivity index (χ1) is 12.8. The van der Waals surface area contributed by atoms with E-state index in [-0.39, 0.29) is 0 Å². The predicted octanol–water partition coefficient (Wildman–Crippen LogP) is 2.82. The molecule has 144 valence electrons. The van der Waals surface area contributed by atoms with Crippen LogP contribution >= 0.6 is 0 Å². The van der Waals surface area contributed by atoms with Gasteiger partial charge in [-0.2, -0.15) is 0 Å². The van der Waals surface area contributed by atoms with Crippen molar-refractivity contribution in [1.29, 1.82) is 0 Å². The SMILES string of the molecule is CC(OC(=O)c1cccc(CS(C)=O)c1)C(=O)Nc1ccc(N(C)C)cc1. The monoisotopic (exact) mass is 388 g/mol. The highest BCUT2D eigenvalue weighted by Crippen LogP contribution is 2.16. The first kappa shape index (κ1) is 20.6. The standard InChI is InChI=1S/C20H24N2O4S/c1-14(19(23)21-17-8-10-18(11-9-17)22(2)3)26-20(24)16-7-5-6-15(12-16)13-27(4)25/h5-12,14H,13H2,1-4H3,(H,21,23). The molecule has 1 N–H and O–H groups in total. The Kier molecular flexibility index (Phi) is 7.12. The van der Waals surface area contributed by atoms with Gasteiger partial charge in [0, 0.05) is 48.3 Å². The summed E-state index contributed by atoms with van der Waals surface area (Å²) in [6, 6.07) is 14.1. The van der Waals surface area contributed by atoms with Gasteiger partial charge in [-0.3, -0.25) is 9.00 Å². The quantitative estimate of drug-likeness (QED) is 0.738. The van der Waals surface area contributed by atoms with E-state index in [1.54, 1.807) is 42.7 Å². The fraction of sp³-hybridized carbons (Fsp3) is 0.300. The Labute approximate surface area is 162 Å². The van der Waals surface area contributed by atoms with Gasteiger partial charge in [0.15, 0.2) is 6.10 Å². The molecule has 2 aromatic rings. The molecule has 1 amide bonds. The lowest BCUT2D eigenvalue weighted by molar-refractivity contribution is -0.123. The zero-order valence-electron chi connectivity index (χ0n) is 15.9. The van der Waals surface area contributed by atoms with Crippen molar-refractivity contribution in [2.45, 2.75) is 18.8 Å². The summed E-state index contributed by atoms with van der Waals surface area (Å²) in [6.45, 7) is 1.52. The van der Waals surface area contributed by atoms with Gasteiger partial charge in [-0.15, -0.1) is 0 Å². The van der Waals surface area contributed by atoms with Crippen LogP contribution in [0, 0.1) is 0 Å². The lowest BCUT2D eigenvalue weighted by Gasteiger charge is -2.15. The van der Waals surface area contributed by atoms with Gasteiger partial charge in [0.2, 0.25) is 0 Å². The van der Waals surface area contributed by atoms with Crippen LogP contribution in [0.25, 0.3) is 0 Å². The van der Waals surface area contributed by atoms with E-state index in [2.05, 4.69) is 5.32 Å². The summed E-state index contributed by atoms with van der Waals surface area (Å²) in [6.07, 6.45) is 0.651. The number of hydrogen-bond acceptors (Lipinski definition) is 5. The molecule has 0 radical (unpaired) electrons. The van der Waals surface area contributed by atoms with Gasteiger partial charge in [0.1, 0.15) is 0 Å². The maximum Gasteiger partial charge on any atom is 0.338 e. The fourth-order valence-electron chi connectivity index (χ4n) is 2.39. The molecule has 2 aromatic carbocycles. The van der Waals surface area contributed by atoms with Gasteiger partial charge in [-0.25, -0.2) is 4.79 Å². The highest BCUT2D eigenvalue weighted by molar-refractivity contribution is 7.83. The van der Waals surface area contributed by atoms with Gasteiger partial charge in [-0.05, 0) is 48.9 Å². The molecule has 2 unspecified atom stereocenters. The highest BCUT2D eigenvalue weighted by atomic mass is 32.2. The van der Waals surface area contributed by atoms with Crippen LogP contribution < -0.4 is 10.2 Å². The van der Waals surface area contributed by atoms with E-state index in [9.17, 15) is 13.8 Å². The summed E-state index contributed by atoms with van der Waals surface area (Å²) < 4.78 is 16.6. The molecule has 0 fully saturated rings. The summed E-state index contributed by atoms with van der Waals surface area (Å²) in [7, 11) is 2.86. The van der Waals surface area contributed by atoms with Crippen LogP contribution in [0.5, 0.6) is 0 Å². The number of benzene rings is 2. The van der Waals surface area contributed by atoms with Crippen LogP contribution in [-0.2, 0) is 26.1 Å². The number of esters is 1. The molecule has 0 aromatic heterocycles. The number of hydrogen-bond donors (Lipinski definition) is 1. The zero-order chi connectivity index (χ0) is 20.0. The molecule has 27 heavy (non-hydrogen) atoms. The van der Waals surface area contributed by atoms with E-state index in [0.29, 0.717) is 17.0 Å². The second-order valence-corrected chi connectivity index (χ2v) is 7.83. The second-order valence-electron chi connectivity index (χ2n) is 6.40. The van der Waals surface area contributed by atoms with E-state index < -0.39 is 28.8 Å². The molecule has 6 nitrogen and oxygen atoms in total. The van der Waals surface area contributed by atoms with Crippen molar-refractivity contribution in [2.75, 3.05) is 30.6 Å². The Bertz CT molecular complexity index is 834. The van der Waals surface area contributed by atoms with Crippen LogP contribution in [0.4, 0.5) is 11.4 Å². The molecule has 0 bridgehead atoms. The minimum Gasteiger partial charge on any atom is -0.449 e. The largest absolute Gasteiger partial charge is 0.449 e. The third-order valence-electron chi connectivity index (χ3n) is 3.84. The Morgan fingerprint density at radius 1 is 1.15 bits per heavy atom. The Morgan fingerprint density at radius 3 is 2.41 bits per heavy atom. The van der Waals surface area contributed by atoms with Crippen LogP contribution in [0.15, 0.2) is 48.5 Å².